The summed E-state index contributed by atoms with van der Waals surface area (Å²) in [6.07, 6.45) is 5.76. The van der Waals surface area contributed by atoms with E-state index in [-0.39, 0.29) is 0 Å². The zero-order valence-electron chi connectivity index (χ0n) is 6.28. The lowest BCUT2D eigenvalue weighted by molar-refractivity contribution is 0.233. The number of nitrogens with zero attached hydrogens (tertiary/aromatic N) is 1. The molecular formula is C9H9NO. The minimum absolute atomic E-state index is 0.535. The van der Waals surface area contributed by atoms with Gasteiger partial charge in [-0.25, -0.2) is 0 Å². The maximum absolute atomic E-state index is 9.16. The van der Waals surface area contributed by atoms with Gasteiger partial charge in [0.1, 0.15) is 0 Å². The summed E-state index contributed by atoms with van der Waals surface area (Å²) in [7, 11) is 0. The highest BCUT2D eigenvalue weighted by Crippen LogP contribution is 2.08. The Morgan fingerprint density at radius 1 is 1.73 bits per heavy atom. The molecule has 1 aromatic heterocycles. The van der Waals surface area contributed by atoms with Crippen LogP contribution < -0.4 is 0 Å². The molecule has 0 aliphatic rings. The predicted molar refractivity (Wildman–Crippen MR) is 42.8 cm³/mol. The van der Waals surface area contributed by atoms with Crippen molar-refractivity contribution in [3.63, 3.8) is 0 Å². The maximum Gasteiger partial charge on any atom is 0.156 e. The van der Waals surface area contributed by atoms with Crippen LogP contribution >= 0.6 is 0 Å². The third kappa shape index (κ3) is 1.79. The van der Waals surface area contributed by atoms with Gasteiger partial charge in [-0.3, -0.25) is 4.98 Å². The Hall–Kier alpha value is -1.33. The molecule has 0 amide bonds. The third-order valence-electron chi connectivity index (χ3n) is 1.37. The van der Waals surface area contributed by atoms with E-state index in [0.717, 1.165) is 5.56 Å². The number of aliphatic hydroxyl groups is 1. The van der Waals surface area contributed by atoms with Gasteiger partial charge in [-0.15, -0.1) is 6.42 Å². The molecule has 1 rings (SSSR count). The number of hydrogen-bond acceptors (Lipinski definition) is 2. The summed E-state index contributed by atoms with van der Waals surface area (Å²) < 4.78 is 0. The van der Waals surface area contributed by atoms with Crippen molar-refractivity contribution < 1.29 is 5.11 Å². The van der Waals surface area contributed by atoms with Crippen LogP contribution in [0.15, 0.2) is 18.3 Å². The van der Waals surface area contributed by atoms with Crippen molar-refractivity contribution in [3.8, 4) is 12.3 Å². The Balaban J connectivity index is 2.98. The van der Waals surface area contributed by atoms with Crippen molar-refractivity contribution in [2.24, 2.45) is 0 Å². The smallest absolute Gasteiger partial charge is 0.156 e. The van der Waals surface area contributed by atoms with Crippen LogP contribution in [-0.4, -0.2) is 10.1 Å². The monoisotopic (exact) mass is 147 g/mol. The van der Waals surface area contributed by atoms with Crippen LogP contribution in [0, 0.1) is 19.3 Å². The molecule has 56 valence electrons. The van der Waals surface area contributed by atoms with Crippen molar-refractivity contribution in [3.05, 3.63) is 29.6 Å². The van der Waals surface area contributed by atoms with Crippen molar-refractivity contribution >= 4 is 0 Å². The fourth-order valence-corrected chi connectivity index (χ4v) is 0.794. The first-order chi connectivity index (χ1) is 5.24. The molecule has 0 saturated carbocycles. The molecule has 0 fully saturated rings. The van der Waals surface area contributed by atoms with E-state index in [0.29, 0.717) is 5.69 Å². The highest BCUT2D eigenvalue weighted by Gasteiger charge is 2.02. The van der Waals surface area contributed by atoms with Gasteiger partial charge in [-0.1, -0.05) is 5.92 Å². The van der Waals surface area contributed by atoms with Crippen LogP contribution in [0.1, 0.15) is 17.4 Å². The summed E-state index contributed by atoms with van der Waals surface area (Å²) >= 11 is 0. The van der Waals surface area contributed by atoms with Crippen LogP contribution in [0.5, 0.6) is 0 Å². The summed E-state index contributed by atoms with van der Waals surface area (Å²) in [6.45, 7) is 1.93. The molecule has 2 nitrogen and oxygen atoms in total. The largest absolute Gasteiger partial charge is 0.374 e. The highest BCUT2D eigenvalue weighted by atomic mass is 16.3. The number of terminal acetylenes is 1. The molecule has 0 aliphatic carbocycles. The zero-order valence-corrected chi connectivity index (χ0v) is 6.28. The molecule has 0 aromatic carbocycles. The average Bonchev–Trinajstić information content (AvgIpc) is 2.03. The second-order valence-corrected chi connectivity index (χ2v) is 2.33. The second-order valence-electron chi connectivity index (χ2n) is 2.33. The Labute approximate surface area is 65.9 Å². The van der Waals surface area contributed by atoms with Gasteiger partial charge in [0.05, 0.1) is 5.69 Å². The first-order valence-electron chi connectivity index (χ1n) is 3.31. The molecule has 1 atom stereocenters. The summed E-state index contributed by atoms with van der Waals surface area (Å²) in [5.74, 6) is 2.20. The lowest BCUT2D eigenvalue weighted by Gasteiger charge is -2.01. The lowest BCUT2D eigenvalue weighted by atomic mass is 10.2. The standard InChI is InChI=1S/C9H9NO/c1-3-9(11)8-6-7(2)4-5-10-8/h1,4-6,9,11H,2H3/t9-/m1/s1. The molecule has 1 aromatic rings. The quantitative estimate of drug-likeness (QED) is 0.602. The Morgan fingerprint density at radius 2 is 2.45 bits per heavy atom. The summed E-state index contributed by atoms with van der Waals surface area (Å²) in [5.41, 5.74) is 1.58. The van der Waals surface area contributed by atoms with Gasteiger partial charge in [-0.05, 0) is 24.6 Å². The summed E-state index contributed by atoms with van der Waals surface area (Å²) in [4.78, 5) is 3.92. The highest BCUT2D eigenvalue weighted by molar-refractivity contribution is 5.20. The fourth-order valence-electron chi connectivity index (χ4n) is 0.794. The minimum atomic E-state index is -0.880. The molecule has 0 spiro atoms. The SMILES string of the molecule is C#C[C@@H](O)c1cc(C)ccn1. The van der Waals surface area contributed by atoms with Crippen LogP contribution in [0.3, 0.4) is 0 Å². The molecule has 0 radical (unpaired) electrons. The summed E-state index contributed by atoms with van der Waals surface area (Å²) in [6, 6.07) is 3.62. The van der Waals surface area contributed by atoms with Gasteiger partial charge in [-0.2, -0.15) is 0 Å². The van der Waals surface area contributed by atoms with Crippen molar-refractivity contribution in [1.82, 2.24) is 4.98 Å². The maximum atomic E-state index is 9.16. The topological polar surface area (TPSA) is 33.1 Å². The van der Waals surface area contributed by atoms with Gasteiger partial charge in [0.25, 0.3) is 0 Å². The van der Waals surface area contributed by atoms with E-state index in [2.05, 4.69) is 10.9 Å². The van der Waals surface area contributed by atoms with E-state index in [1.54, 1.807) is 12.3 Å². The van der Waals surface area contributed by atoms with Crippen molar-refractivity contribution in [1.29, 1.82) is 0 Å². The Morgan fingerprint density at radius 3 is 3.00 bits per heavy atom. The van der Waals surface area contributed by atoms with Gasteiger partial charge >= 0.3 is 0 Å². The molecule has 0 unspecified atom stereocenters. The average molecular weight is 147 g/mol. The van der Waals surface area contributed by atoms with Gasteiger partial charge in [0, 0.05) is 6.20 Å². The van der Waals surface area contributed by atoms with Gasteiger partial charge in [0.2, 0.25) is 0 Å². The Kier molecular flexibility index (Phi) is 2.25. The van der Waals surface area contributed by atoms with E-state index in [1.165, 1.54) is 0 Å². The third-order valence-corrected chi connectivity index (χ3v) is 1.37. The van der Waals surface area contributed by atoms with Crippen molar-refractivity contribution in [2.45, 2.75) is 13.0 Å². The Bertz CT molecular complexity index is 288. The number of pyridine rings is 1. The van der Waals surface area contributed by atoms with Crippen LogP contribution in [-0.2, 0) is 0 Å². The molecule has 11 heavy (non-hydrogen) atoms. The lowest BCUT2D eigenvalue weighted by Crippen LogP contribution is -1.96. The van der Waals surface area contributed by atoms with E-state index in [4.69, 9.17) is 11.5 Å². The van der Waals surface area contributed by atoms with E-state index in [9.17, 15) is 0 Å². The molecule has 2 heteroatoms. The van der Waals surface area contributed by atoms with Crippen LogP contribution in [0.25, 0.3) is 0 Å². The number of aliphatic hydroxyl groups excluding tert-OH is 1. The molecular weight excluding hydrogens is 138 g/mol. The number of aryl methyl sites for hydroxylation is 1. The molecule has 0 bridgehead atoms. The van der Waals surface area contributed by atoms with E-state index < -0.39 is 6.10 Å². The number of aromatic nitrogens is 1. The van der Waals surface area contributed by atoms with E-state index in [1.807, 2.05) is 13.0 Å². The van der Waals surface area contributed by atoms with Crippen LogP contribution in [0.4, 0.5) is 0 Å². The molecule has 0 saturated heterocycles. The zero-order chi connectivity index (χ0) is 8.27. The second kappa shape index (κ2) is 3.18. The predicted octanol–water partition coefficient (Wildman–Crippen LogP) is 1.06. The minimum Gasteiger partial charge on any atom is -0.374 e. The van der Waals surface area contributed by atoms with Crippen LogP contribution in [0.2, 0.25) is 0 Å². The van der Waals surface area contributed by atoms with Crippen molar-refractivity contribution in [2.75, 3.05) is 0 Å². The van der Waals surface area contributed by atoms with Gasteiger partial charge < -0.3 is 5.11 Å². The normalized spacial score (nSPS) is 12.1. The van der Waals surface area contributed by atoms with E-state index >= 15 is 0 Å². The molecule has 1 heterocycles. The first-order valence-corrected chi connectivity index (χ1v) is 3.31. The molecule has 0 aliphatic heterocycles. The molecule has 1 N–H and O–H groups in total. The number of hydrogen-bond donors (Lipinski definition) is 1. The number of rotatable bonds is 1. The first kappa shape index (κ1) is 7.77. The summed E-state index contributed by atoms with van der Waals surface area (Å²) in [5, 5.41) is 9.16. The van der Waals surface area contributed by atoms with Gasteiger partial charge in [0.15, 0.2) is 6.10 Å². The fraction of sp³-hybridized carbons (Fsp3) is 0.222.